The molecule has 0 unspecified atom stereocenters. The number of fused-ring (bicyclic) bond motifs is 1. The van der Waals surface area contributed by atoms with Crippen LogP contribution in [0, 0.1) is 0 Å². The molecule has 0 radical (unpaired) electrons. The molecule has 1 aromatic rings. The normalized spacial score (nSPS) is 15.2. The van der Waals surface area contributed by atoms with Crippen molar-refractivity contribution in [1.29, 1.82) is 0 Å². The van der Waals surface area contributed by atoms with E-state index >= 15 is 0 Å². The maximum Gasteiger partial charge on any atom is 0.0766 e. The molecule has 0 saturated carbocycles. The standard InChI is InChI=1S/C14H23NOS/c1-3-14(16,4-2)10-15-9-12-8-11-6-5-7-13(11)17-12/h8,15-16H,3-7,9-10H2,1-2H3. The third kappa shape index (κ3) is 3.09. The van der Waals surface area contributed by atoms with Gasteiger partial charge >= 0.3 is 0 Å². The Morgan fingerprint density at radius 2 is 2.12 bits per heavy atom. The summed E-state index contributed by atoms with van der Waals surface area (Å²) in [5.74, 6) is 0. The zero-order chi connectivity index (χ0) is 12.3. The molecule has 0 atom stereocenters. The molecule has 1 heterocycles. The number of aliphatic hydroxyl groups is 1. The predicted molar refractivity (Wildman–Crippen MR) is 73.6 cm³/mol. The summed E-state index contributed by atoms with van der Waals surface area (Å²) in [4.78, 5) is 3.01. The van der Waals surface area contributed by atoms with Crippen molar-refractivity contribution < 1.29 is 5.11 Å². The molecule has 0 fully saturated rings. The number of thiophene rings is 1. The van der Waals surface area contributed by atoms with Crippen LogP contribution >= 0.6 is 11.3 Å². The molecule has 0 aromatic carbocycles. The SMILES string of the molecule is CCC(O)(CC)CNCc1cc2c(s1)CCC2. The molecule has 0 aliphatic heterocycles. The van der Waals surface area contributed by atoms with Crippen molar-refractivity contribution in [1.82, 2.24) is 5.32 Å². The van der Waals surface area contributed by atoms with E-state index in [9.17, 15) is 5.11 Å². The maximum absolute atomic E-state index is 10.2. The molecular formula is C14H23NOS. The largest absolute Gasteiger partial charge is 0.389 e. The lowest BCUT2D eigenvalue weighted by molar-refractivity contribution is 0.0323. The van der Waals surface area contributed by atoms with Crippen LogP contribution in [0.4, 0.5) is 0 Å². The molecule has 17 heavy (non-hydrogen) atoms. The lowest BCUT2D eigenvalue weighted by Crippen LogP contribution is -2.39. The second kappa shape index (κ2) is 5.51. The summed E-state index contributed by atoms with van der Waals surface area (Å²) in [6.45, 7) is 5.69. The monoisotopic (exact) mass is 253 g/mol. The van der Waals surface area contributed by atoms with E-state index in [-0.39, 0.29) is 0 Å². The lowest BCUT2D eigenvalue weighted by atomic mass is 9.98. The van der Waals surface area contributed by atoms with E-state index in [1.807, 2.05) is 25.2 Å². The quantitative estimate of drug-likeness (QED) is 0.817. The molecule has 2 rings (SSSR count). The highest BCUT2D eigenvalue weighted by Crippen LogP contribution is 2.30. The van der Waals surface area contributed by atoms with Crippen LogP contribution in [0.1, 0.15) is 48.4 Å². The Balaban J connectivity index is 1.82. The maximum atomic E-state index is 10.2. The van der Waals surface area contributed by atoms with Gasteiger partial charge in [0.2, 0.25) is 0 Å². The summed E-state index contributed by atoms with van der Waals surface area (Å²) in [6.07, 6.45) is 5.50. The van der Waals surface area contributed by atoms with Gasteiger partial charge in [-0.3, -0.25) is 0 Å². The molecule has 3 heteroatoms. The van der Waals surface area contributed by atoms with Crippen molar-refractivity contribution in [2.45, 2.75) is 58.1 Å². The van der Waals surface area contributed by atoms with Crippen molar-refractivity contribution in [3.8, 4) is 0 Å². The van der Waals surface area contributed by atoms with Crippen LogP contribution in [-0.2, 0) is 19.4 Å². The van der Waals surface area contributed by atoms with Gasteiger partial charge in [-0.2, -0.15) is 0 Å². The first-order valence-electron chi connectivity index (χ1n) is 6.70. The van der Waals surface area contributed by atoms with Crippen LogP contribution in [0.25, 0.3) is 0 Å². The topological polar surface area (TPSA) is 32.3 Å². The highest BCUT2D eigenvalue weighted by molar-refractivity contribution is 7.12. The minimum absolute atomic E-state index is 0.528. The summed E-state index contributed by atoms with van der Waals surface area (Å²) < 4.78 is 0. The number of rotatable bonds is 6. The molecule has 0 bridgehead atoms. The van der Waals surface area contributed by atoms with Gasteiger partial charge < -0.3 is 10.4 Å². The lowest BCUT2D eigenvalue weighted by Gasteiger charge is -2.25. The van der Waals surface area contributed by atoms with Gasteiger partial charge in [0.1, 0.15) is 0 Å². The van der Waals surface area contributed by atoms with Crippen molar-refractivity contribution in [2.75, 3.05) is 6.54 Å². The van der Waals surface area contributed by atoms with Crippen molar-refractivity contribution in [3.63, 3.8) is 0 Å². The average Bonchev–Trinajstić information content (AvgIpc) is 2.89. The molecule has 0 spiro atoms. The molecule has 2 nitrogen and oxygen atoms in total. The van der Waals surface area contributed by atoms with Crippen molar-refractivity contribution in [2.24, 2.45) is 0 Å². The fraction of sp³-hybridized carbons (Fsp3) is 0.714. The molecular weight excluding hydrogens is 230 g/mol. The van der Waals surface area contributed by atoms with E-state index in [2.05, 4.69) is 11.4 Å². The molecule has 96 valence electrons. The molecule has 0 saturated heterocycles. The zero-order valence-corrected chi connectivity index (χ0v) is 11.7. The van der Waals surface area contributed by atoms with E-state index in [1.165, 1.54) is 24.1 Å². The second-order valence-electron chi connectivity index (χ2n) is 5.05. The van der Waals surface area contributed by atoms with Crippen LogP contribution in [0.2, 0.25) is 0 Å². The van der Waals surface area contributed by atoms with Gasteiger partial charge in [0.25, 0.3) is 0 Å². The number of nitrogens with one attached hydrogen (secondary N) is 1. The molecule has 1 aliphatic rings. The van der Waals surface area contributed by atoms with Gasteiger partial charge in [-0.15, -0.1) is 11.3 Å². The van der Waals surface area contributed by atoms with Crippen LogP contribution in [-0.4, -0.2) is 17.3 Å². The van der Waals surface area contributed by atoms with E-state index < -0.39 is 5.60 Å². The van der Waals surface area contributed by atoms with E-state index in [4.69, 9.17) is 0 Å². The Kier molecular flexibility index (Phi) is 4.23. The Labute approximate surface area is 108 Å². The Bertz CT molecular complexity index is 347. The first-order chi connectivity index (χ1) is 8.17. The van der Waals surface area contributed by atoms with Crippen molar-refractivity contribution >= 4 is 11.3 Å². The average molecular weight is 253 g/mol. The van der Waals surface area contributed by atoms with Gasteiger partial charge in [-0.25, -0.2) is 0 Å². The fourth-order valence-corrected chi connectivity index (χ4v) is 3.63. The highest BCUT2D eigenvalue weighted by Gasteiger charge is 2.21. The predicted octanol–water partition coefficient (Wildman–Crippen LogP) is 2.88. The summed E-state index contributed by atoms with van der Waals surface area (Å²) in [5, 5.41) is 13.6. The van der Waals surface area contributed by atoms with E-state index in [1.54, 1.807) is 10.4 Å². The van der Waals surface area contributed by atoms with Crippen LogP contribution in [0.5, 0.6) is 0 Å². The summed E-state index contributed by atoms with van der Waals surface area (Å²) in [5.41, 5.74) is 1.04. The minimum Gasteiger partial charge on any atom is -0.389 e. The smallest absolute Gasteiger partial charge is 0.0766 e. The van der Waals surface area contributed by atoms with Gasteiger partial charge in [0, 0.05) is 22.8 Å². The third-order valence-electron chi connectivity index (χ3n) is 3.87. The first-order valence-corrected chi connectivity index (χ1v) is 7.52. The van der Waals surface area contributed by atoms with E-state index in [0.717, 1.165) is 19.4 Å². The van der Waals surface area contributed by atoms with Crippen molar-refractivity contribution in [3.05, 3.63) is 21.4 Å². The molecule has 0 amide bonds. The van der Waals surface area contributed by atoms with Crippen LogP contribution in [0.15, 0.2) is 6.07 Å². The minimum atomic E-state index is -0.528. The Hall–Kier alpha value is -0.380. The first kappa shape index (κ1) is 13.1. The van der Waals surface area contributed by atoms with Gasteiger partial charge in [0.15, 0.2) is 0 Å². The van der Waals surface area contributed by atoms with Gasteiger partial charge in [-0.1, -0.05) is 13.8 Å². The molecule has 1 aromatic heterocycles. The number of aryl methyl sites for hydroxylation is 2. The van der Waals surface area contributed by atoms with Gasteiger partial charge in [0.05, 0.1) is 5.60 Å². The summed E-state index contributed by atoms with van der Waals surface area (Å²) >= 11 is 1.94. The molecule has 1 aliphatic carbocycles. The van der Waals surface area contributed by atoms with Crippen LogP contribution in [0.3, 0.4) is 0 Å². The van der Waals surface area contributed by atoms with Gasteiger partial charge in [-0.05, 0) is 43.7 Å². The number of hydrogen-bond acceptors (Lipinski definition) is 3. The Morgan fingerprint density at radius 1 is 1.35 bits per heavy atom. The second-order valence-corrected chi connectivity index (χ2v) is 6.27. The Morgan fingerprint density at radius 3 is 2.76 bits per heavy atom. The third-order valence-corrected chi connectivity index (χ3v) is 5.10. The zero-order valence-electron chi connectivity index (χ0n) is 10.9. The summed E-state index contributed by atoms with van der Waals surface area (Å²) in [6, 6.07) is 2.34. The number of hydrogen-bond donors (Lipinski definition) is 2. The summed E-state index contributed by atoms with van der Waals surface area (Å²) in [7, 11) is 0. The highest BCUT2D eigenvalue weighted by atomic mass is 32.1. The molecule has 2 N–H and O–H groups in total. The van der Waals surface area contributed by atoms with Crippen LogP contribution < -0.4 is 5.32 Å². The fourth-order valence-electron chi connectivity index (χ4n) is 2.40. The van der Waals surface area contributed by atoms with E-state index in [0.29, 0.717) is 6.54 Å².